The number of rotatable bonds is 9. The minimum absolute atomic E-state index is 0.0135. The Hall–Kier alpha value is -1.35. The molecule has 2 rings (SSSR count). The molecule has 1 atom stereocenters. The minimum atomic E-state index is -2.54. The van der Waals surface area contributed by atoms with Gasteiger partial charge in [0, 0.05) is 0 Å². The van der Waals surface area contributed by atoms with Crippen molar-refractivity contribution in [3.8, 4) is 11.8 Å². The number of allylic oxidation sites excluding steroid dienone is 1. The van der Waals surface area contributed by atoms with Crippen LogP contribution in [0.5, 0.6) is 0 Å². The van der Waals surface area contributed by atoms with Crippen LogP contribution in [0.3, 0.4) is 0 Å². The molecule has 1 unspecified atom stereocenters. The van der Waals surface area contributed by atoms with Crippen molar-refractivity contribution < 1.29 is 4.43 Å². The third-order valence-electron chi connectivity index (χ3n) is 5.40. The van der Waals surface area contributed by atoms with Crippen molar-refractivity contribution in [3.05, 3.63) is 72.8 Å². The highest BCUT2D eigenvalue weighted by Gasteiger charge is 2.51. The van der Waals surface area contributed by atoms with Gasteiger partial charge >= 0.3 is 0 Å². The normalized spacial score (nSPS) is 13.1. The first kappa shape index (κ1) is 24.9. The van der Waals surface area contributed by atoms with Gasteiger partial charge in [-0.15, -0.1) is 0 Å². The lowest BCUT2D eigenvalue weighted by molar-refractivity contribution is 0.218. The van der Waals surface area contributed by atoms with E-state index >= 15 is 0 Å². The zero-order chi connectivity index (χ0) is 21.9. The van der Waals surface area contributed by atoms with Crippen LogP contribution in [0.25, 0.3) is 0 Å². The molecule has 1 nitrogen and oxygen atoms in total. The summed E-state index contributed by atoms with van der Waals surface area (Å²) < 4.78 is 8.13. The van der Waals surface area contributed by atoms with Crippen molar-refractivity contribution in [2.75, 3.05) is 4.43 Å². The van der Waals surface area contributed by atoms with E-state index in [1.165, 1.54) is 29.6 Å². The van der Waals surface area contributed by atoms with E-state index in [1.54, 1.807) is 0 Å². The summed E-state index contributed by atoms with van der Waals surface area (Å²) in [7, 11) is -2.54. The molecule has 160 valence electrons. The van der Waals surface area contributed by atoms with Gasteiger partial charge in [0.15, 0.2) is 0 Å². The van der Waals surface area contributed by atoms with E-state index in [4.69, 9.17) is 4.43 Å². The van der Waals surface area contributed by atoms with E-state index in [0.717, 1.165) is 10.8 Å². The average Bonchev–Trinajstić information content (AvgIpc) is 2.75. The number of hydrogen-bond donors (Lipinski definition) is 0. The summed E-state index contributed by atoms with van der Waals surface area (Å²) in [6.45, 7) is 9.26. The van der Waals surface area contributed by atoms with Crippen LogP contribution in [-0.2, 0) is 4.43 Å². The summed E-state index contributed by atoms with van der Waals surface area (Å²) in [6, 6.07) is 21.8. The molecule has 3 heteroatoms. The number of halogens is 1. The molecule has 0 spiro atoms. The largest absolute Gasteiger partial charge is 0.401 e. The average molecular weight is 531 g/mol. The highest BCUT2D eigenvalue weighted by molar-refractivity contribution is 14.1. The molecular weight excluding hydrogens is 495 g/mol. The van der Waals surface area contributed by atoms with Crippen LogP contribution < -0.4 is 10.4 Å². The first-order chi connectivity index (χ1) is 14.5. The van der Waals surface area contributed by atoms with Crippen molar-refractivity contribution in [3.63, 3.8) is 0 Å². The van der Waals surface area contributed by atoms with Gasteiger partial charge in [-0.25, -0.2) is 0 Å². The van der Waals surface area contributed by atoms with E-state index < -0.39 is 8.32 Å². The van der Waals surface area contributed by atoms with Crippen LogP contribution in [0.4, 0.5) is 0 Å². The van der Waals surface area contributed by atoms with Crippen molar-refractivity contribution in [2.45, 2.75) is 64.5 Å². The minimum Gasteiger partial charge on any atom is -0.401 e. The topological polar surface area (TPSA) is 9.23 Å². The maximum atomic E-state index is 7.28. The van der Waals surface area contributed by atoms with Gasteiger partial charge in [0.1, 0.15) is 0 Å². The van der Waals surface area contributed by atoms with E-state index in [9.17, 15) is 0 Å². The van der Waals surface area contributed by atoms with Crippen LogP contribution in [0.15, 0.2) is 72.8 Å². The fourth-order valence-corrected chi connectivity index (χ4v) is 8.85. The quantitative estimate of drug-likeness (QED) is 0.118. The van der Waals surface area contributed by atoms with E-state index in [0.29, 0.717) is 0 Å². The highest BCUT2D eigenvalue weighted by Crippen LogP contribution is 2.38. The van der Waals surface area contributed by atoms with Gasteiger partial charge in [-0.2, -0.15) is 0 Å². The Balaban J connectivity index is 2.56. The van der Waals surface area contributed by atoms with E-state index in [-0.39, 0.29) is 11.1 Å². The molecule has 2 aromatic rings. The summed E-state index contributed by atoms with van der Waals surface area (Å²) in [4.78, 5) is 0. The highest BCUT2D eigenvalue weighted by atomic mass is 127. The molecule has 0 saturated heterocycles. The van der Waals surface area contributed by atoms with Crippen molar-refractivity contribution in [1.29, 1.82) is 0 Å². The predicted octanol–water partition coefficient (Wildman–Crippen LogP) is 6.51. The Morgan fingerprint density at radius 3 is 2.00 bits per heavy atom. The molecule has 0 N–H and O–H groups in total. The lowest BCUT2D eigenvalue weighted by Gasteiger charge is -2.44. The predicted molar refractivity (Wildman–Crippen MR) is 142 cm³/mol. The van der Waals surface area contributed by atoms with E-state index in [1.807, 2.05) is 6.08 Å². The van der Waals surface area contributed by atoms with Gasteiger partial charge in [0.25, 0.3) is 8.32 Å². The first-order valence-corrected chi connectivity index (χ1v) is 14.4. The first-order valence-electron chi connectivity index (χ1n) is 11.0. The number of hydrogen-bond acceptors (Lipinski definition) is 1. The van der Waals surface area contributed by atoms with Crippen LogP contribution in [0.2, 0.25) is 5.04 Å². The molecule has 0 aromatic heterocycles. The van der Waals surface area contributed by atoms with Gasteiger partial charge in [0.2, 0.25) is 0 Å². The van der Waals surface area contributed by atoms with Crippen molar-refractivity contribution in [1.82, 2.24) is 0 Å². The fraction of sp³-hybridized carbons (Fsp3) is 0.407. The van der Waals surface area contributed by atoms with E-state index in [2.05, 4.69) is 129 Å². The summed E-state index contributed by atoms with van der Waals surface area (Å²) in [6.07, 6.45) is 8.88. The van der Waals surface area contributed by atoms with Crippen LogP contribution in [-0.4, -0.2) is 18.8 Å². The molecular formula is C27H35IOSi. The maximum absolute atomic E-state index is 7.28. The molecule has 0 fully saturated rings. The van der Waals surface area contributed by atoms with Crippen LogP contribution in [0, 0.1) is 11.8 Å². The zero-order valence-corrected chi connectivity index (χ0v) is 22.0. The molecule has 0 aliphatic rings. The summed E-state index contributed by atoms with van der Waals surface area (Å²) >= 11 is 2.29. The summed E-state index contributed by atoms with van der Waals surface area (Å²) in [5, 5.41) is 2.65. The Morgan fingerprint density at radius 2 is 1.53 bits per heavy atom. The Morgan fingerprint density at radius 1 is 0.967 bits per heavy atom. The van der Waals surface area contributed by atoms with Gasteiger partial charge in [-0.1, -0.05) is 142 Å². The molecule has 0 amide bonds. The fourth-order valence-electron chi connectivity index (χ4n) is 3.96. The van der Waals surface area contributed by atoms with Gasteiger partial charge in [0.05, 0.1) is 10.5 Å². The SMILES string of the molecule is CCCCCC(/C=C/C#CCI)O[Si](c1ccccc1)(c1ccccc1)C(C)(C)C. The number of benzene rings is 2. The Labute approximate surface area is 198 Å². The molecule has 0 bridgehead atoms. The van der Waals surface area contributed by atoms with Crippen LogP contribution in [0.1, 0.15) is 53.4 Å². The lowest BCUT2D eigenvalue weighted by Crippen LogP contribution is -2.67. The standard InChI is InChI=1S/C27H35IOSi/c1-5-6-10-17-24(18-11-9-16-23-28)29-30(27(2,3)4,25-19-12-7-13-20-25)26-21-14-8-15-22-26/h7-8,11-15,18-22,24H,5-6,10,17,23H2,1-4H3/b18-11+. The molecule has 0 saturated carbocycles. The Bertz CT molecular complexity index is 788. The second kappa shape index (κ2) is 12.5. The molecule has 30 heavy (non-hydrogen) atoms. The monoisotopic (exact) mass is 530 g/mol. The molecule has 0 radical (unpaired) electrons. The molecule has 2 aromatic carbocycles. The molecule has 0 aliphatic carbocycles. The van der Waals surface area contributed by atoms with Gasteiger partial charge in [-0.05, 0) is 34.0 Å². The summed E-state index contributed by atoms with van der Waals surface area (Å²) in [5.74, 6) is 6.29. The maximum Gasteiger partial charge on any atom is 0.261 e. The lowest BCUT2D eigenvalue weighted by atomic mass is 10.1. The third kappa shape index (κ3) is 6.57. The zero-order valence-electron chi connectivity index (χ0n) is 18.8. The van der Waals surface area contributed by atoms with Gasteiger partial charge in [-0.3, -0.25) is 0 Å². The number of alkyl halides is 1. The molecule has 0 heterocycles. The number of unbranched alkanes of at least 4 members (excludes halogenated alkanes) is 2. The smallest absolute Gasteiger partial charge is 0.261 e. The molecule has 0 aliphatic heterocycles. The van der Waals surface area contributed by atoms with Crippen LogP contribution >= 0.6 is 22.6 Å². The second-order valence-electron chi connectivity index (χ2n) is 8.63. The van der Waals surface area contributed by atoms with Gasteiger partial charge < -0.3 is 4.43 Å². The summed E-state index contributed by atoms with van der Waals surface area (Å²) in [5.41, 5.74) is 0. The Kier molecular flexibility index (Phi) is 10.4. The second-order valence-corrected chi connectivity index (χ2v) is 13.6. The van der Waals surface area contributed by atoms with Crippen molar-refractivity contribution >= 4 is 41.3 Å². The third-order valence-corrected chi connectivity index (χ3v) is 10.8. The van der Waals surface area contributed by atoms with Crippen molar-refractivity contribution in [2.24, 2.45) is 0 Å².